The summed E-state index contributed by atoms with van der Waals surface area (Å²) in [5.74, 6) is 1.16. The summed E-state index contributed by atoms with van der Waals surface area (Å²) in [6, 6.07) is 17.3. The minimum Gasteiger partial charge on any atom is -0.457 e. The normalized spacial score (nSPS) is 11.1. The molecule has 0 saturated carbocycles. The monoisotopic (exact) mass is 359 g/mol. The lowest BCUT2D eigenvalue weighted by atomic mass is 10.2. The first-order valence-electron chi connectivity index (χ1n) is 7.91. The molecule has 0 atom stereocenters. The van der Waals surface area contributed by atoms with Crippen LogP contribution in [0.1, 0.15) is 32.3 Å². The van der Waals surface area contributed by atoms with Crippen LogP contribution in [-0.2, 0) is 4.57 Å². The van der Waals surface area contributed by atoms with Crippen molar-refractivity contribution in [3.8, 4) is 17.6 Å². The Labute approximate surface area is 148 Å². The van der Waals surface area contributed by atoms with Gasteiger partial charge in [0.25, 0.3) is 0 Å². The molecule has 0 aromatic heterocycles. The van der Waals surface area contributed by atoms with Crippen LogP contribution in [0.2, 0.25) is 0 Å². The molecule has 0 radical (unpaired) electrons. The summed E-state index contributed by atoms with van der Waals surface area (Å²) in [4.78, 5) is 18.1. The third-order valence-electron chi connectivity index (χ3n) is 3.07. The first-order valence-corrected chi connectivity index (χ1v) is 9.52. The Morgan fingerprint density at radius 2 is 1.68 bits per heavy atom. The Morgan fingerprint density at radius 3 is 2.20 bits per heavy atom. The van der Waals surface area contributed by atoms with E-state index in [0.717, 1.165) is 6.08 Å². The van der Waals surface area contributed by atoms with Crippen molar-refractivity contribution in [3.05, 3.63) is 65.5 Å². The fourth-order valence-corrected chi connectivity index (χ4v) is 2.08. The third kappa shape index (κ3) is 7.82. The molecule has 2 aromatic carbocycles. The molecule has 0 spiro atoms. The molecule has 0 aliphatic carbocycles. The number of hydrogen-bond donors (Lipinski definition) is 2. The fraction of sp³-hybridized carbons (Fsp3) is 0.211. The molecule has 0 saturated heterocycles. The van der Waals surface area contributed by atoms with Crippen molar-refractivity contribution in [1.82, 2.24) is 0 Å². The first-order chi connectivity index (χ1) is 11.9. The van der Waals surface area contributed by atoms with Gasteiger partial charge in [0.2, 0.25) is 0 Å². The molecule has 6 heteroatoms. The van der Waals surface area contributed by atoms with Gasteiger partial charge in [-0.15, -0.1) is 0 Å². The van der Waals surface area contributed by atoms with Crippen molar-refractivity contribution in [2.75, 3.05) is 0 Å². The average Bonchev–Trinajstić information content (AvgIpc) is 2.60. The highest BCUT2D eigenvalue weighted by Gasteiger charge is 2.20. The number of ether oxygens (including phenoxy) is 1. The van der Waals surface area contributed by atoms with E-state index in [9.17, 15) is 4.57 Å². The summed E-state index contributed by atoms with van der Waals surface area (Å²) in [7, 11) is -4.56. The molecule has 0 bridgehead atoms. The zero-order valence-corrected chi connectivity index (χ0v) is 15.2. The average molecular weight is 359 g/mol. The van der Waals surface area contributed by atoms with Crippen LogP contribution >= 0.6 is 7.60 Å². The van der Waals surface area contributed by atoms with Gasteiger partial charge in [-0.1, -0.05) is 57.0 Å². The number of hydrogen-bond acceptors (Lipinski definition) is 3. The maximum absolute atomic E-state index is 11.1. The van der Waals surface area contributed by atoms with Crippen LogP contribution in [0.3, 0.4) is 0 Å². The van der Waals surface area contributed by atoms with E-state index in [0.29, 0.717) is 17.1 Å². The van der Waals surface area contributed by atoms with Crippen molar-refractivity contribution >= 4 is 13.7 Å². The van der Waals surface area contributed by atoms with E-state index in [4.69, 9.17) is 19.8 Å². The lowest BCUT2D eigenvalue weighted by Crippen LogP contribution is -1.86. The summed E-state index contributed by atoms with van der Waals surface area (Å²) in [6.07, 6.45) is 3.79. The summed E-state index contributed by atoms with van der Waals surface area (Å²) < 4.78 is 16.7. The van der Waals surface area contributed by atoms with Gasteiger partial charge in [0.1, 0.15) is 22.9 Å². The topological polar surface area (TPSA) is 90.5 Å². The van der Waals surface area contributed by atoms with Gasteiger partial charge in [-0.2, -0.15) is 5.26 Å². The standard InChI is InChI=1S/C15H12NO4P.C4H10/c16-11-15(21(17,18)19)10-12-5-4-8-14(9-12)20-13-6-2-1-3-7-13;1-3-4-2/h1-10H,(H2,17,18,19);3-4H2,1-2H3/b15-10-;. The number of rotatable bonds is 5. The number of nitriles is 1. The Balaban J connectivity index is 0.000000705. The van der Waals surface area contributed by atoms with Gasteiger partial charge in [0.15, 0.2) is 0 Å². The van der Waals surface area contributed by atoms with E-state index in [1.54, 1.807) is 36.4 Å². The number of nitrogens with zero attached hydrogens (tertiary/aromatic N) is 1. The maximum Gasteiger partial charge on any atom is 0.366 e. The Kier molecular flexibility index (Phi) is 8.66. The molecule has 0 unspecified atom stereocenters. The van der Waals surface area contributed by atoms with E-state index < -0.39 is 12.9 Å². The van der Waals surface area contributed by atoms with Crippen LogP contribution < -0.4 is 4.74 Å². The second-order valence-corrected chi connectivity index (χ2v) is 6.74. The van der Waals surface area contributed by atoms with E-state index in [-0.39, 0.29) is 0 Å². The van der Waals surface area contributed by atoms with Crippen LogP contribution in [0.15, 0.2) is 59.9 Å². The molecular formula is C19H22NO4P. The lowest BCUT2D eigenvalue weighted by molar-refractivity contribution is 0.384. The van der Waals surface area contributed by atoms with Crippen molar-refractivity contribution in [2.45, 2.75) is 26.7 Å². The van der Waals surface area contributed by atoms with E-state index in [1.807, 2.05) is 18.2 Å². The van der Waals surface area contributed by atoms with Gasteiger partial charge in [0.05, 0.1) is 0 Å². The predicted octanol–water partition coefficient (Wildman–Crippen LogP) is 5.33. The Hall–Kier alpha value is -2.38. The molecule has 0 fully saturated rings. The number of allylic oxidation sites excluding steroid dienone is 1. The largest absolute Gasteiger partial charge is 0.457 e. The molecule has 2 rings (SSSR count). The van der Waals surface area contributed by atoms with E-state index >= 15 is 0 Å². The minimum atomic E-state index is -4.56. The molecule has 0 aliphatic rings. The minimum absolute atomic E-state index is 0.475. The molecule has 25 heavy (non-hydrogen) atoms. The highest BCUT2D eigenvalue weighted by atomic mass is 31.2. The molecule has 132 valence electrons. The molecular weight excluding hydrogens is 337 g/mol. The quantitative estimate of drug-likeness (QED) is 0.556. The van der Waals surface area contributed by atoms with Crippen LogP contribution in [0.4, 0.5) is 0 Å². The lowest BCUT2D eigenvalue weighted by Gasteiger charge is -2.06. The van der Waals surface area contributed by atoms with Crippen molar-refractivity contribution in [3.63, 3.8) is 0 Å². The maximum atomic E-state index is 11.1. The summed E-state index contributed by atoms with van der Waals surface area (Å²) in [5, 5.41) is 8.20. The van der Waals surface area contributed by atoms with Gasteiger partial charge >= 0.3 is 7.60 Å². The van der Waals surface area contributed by atoms with Crippen LogP contribution in [0, 0.1) is 11.3 Å². The molecule has 0 aliphatic heterocycles. The number of benzene rings is 2. The molecule has 2 aromatic rings. The second-order valence-electron chi connectivity index (χ2n) is 5.17. The highest BCUT2D eigenvalue weighted by molar-refractivity contribution is 7.57. The predicted molar refractivity (Wildman–Crippen MR) is 99.2 cm³/mol. The molecule has 5 nitrogen and oxygen atoms in total. The van der Waals surface area contributed by atoms with Gasteiger partial charge < -0.3 is 14.5 Å². The Bertz CT molecular complexity index is 774. The zero-order chi connectivity index (χ0) is 18.7. The SMILES string of the molecule is CCCC.N#C/C(=C/c1cccc(Oc2ccccc2)c1)P(=O)(O)O. The van der Waals surface area contributed by atoms with E-state index in [2.05, 4.69) is 13.8 Å². The number of para-hydroxylation sites is 1. The third-order valence-corrected chi connectivity index (χ3v) is 3.93. The molecule has 0 amide bonds. The van der Waals surface area contributed by atoms with E-state index in [1.165, 1.54) is 18.9 Å². The van der Waals surface area contributed by atoms with Gasteiger partial charge in [-0.3, -0.25) is 4.57 Å². The van der Waals surface area contributed by atoms with Crippen LogP contribution in [-0.4, -0.2) is 9.79 Å². The smallest absolute Gasteiger partial charge is 0.366 e. The molecule has 2 N–H and O–H groups in total. The summed E-state index contributed by atoms with van der Waals surface area (Å²) >= 11 is 0. The first kappa shape index (κ1) is 20.7. The van der Waals surface area contributed by atoms with Crippen molar-refractivity contribution in [2.24, 2.45) is 0 Å². The number of unbranched alkanes of at least 4 members (excludes halogenated alkanes) is 1. The van der Waals surface area contributed by atoms with Gasteiger partial charge in [-0.05, 0) is 35.9 Å². The second kappa shape index (κ2) is 10.5. The van der Waals surface area contributed by atoms with Gasteiger partial charge in [-0.25, -0.2) is 0 Å². The highest BCUT2D eigenvalue weighted by Crippen LogP contribution is 2.45. The van der Waals surface area contributed by atoms with Gasteiger partial charge in [0, 0.05) is 0 Å². The van der Waals surface area contributed by atoms with Crippen molar-refractivity contribution in [1.29, 1.82) is 5.26 Å². The van der Waals surface area contributed by atoms with Crippen LogP contribution in [0.25, 0.3) is 6.08 Å². The summed E-state index contributed by atoms with van der Waals surface area (Å²) in [6.45, 7) is 4.36. The molecule has 0 heterocycles. The Morgan fingerprint density at radius 1 is 1.08 bits per heavy atom. The summed E-state index contributed by atoms with van der Waals surface area (Å²) in [5.41, 5.74) is 0.475. The van der Waals surface area contributed by atoms with Crippen molar-refractivity contribution < 1.29 is 19.1 Å². The fourth-order valence-electron chi connectivity index (χ4n) is 1.63. The zero-order valence-electron chi connectivity index (χ0n) is 14.3. The van der Waals surface area contributed by atoms with Crippen LogP contribution in [0.5, 0.6) is 11.5 Å².